The highest BCUT2D eigenvalue weighted by Crippen LogP contribution is 2.21. The molecule has 1 aliphatic rings. The van der Waals surface area contributed by atoms with Crippen molar-refractivity contribution in [3.05, 3.63) is 24.4 Å². The summed E-state index contributed by atoms with van der Waals surface area (Å²) in [5.74, 6) is 0.806. The van der Waals surface area contributed by atoms with Crippen LogP contribution in [0, 0.1) is 0 Å². The summed E-state index contributed by atoms with van der Waals surface area (Å²) >= 11 is 0. The summed E-state index contributed by atoms with van der Waals surface area (Å²) < 4.78 is 5.30. The number of ether oxygens (including phenoxy) is 1. The third-order valence-corrected chi connectivity index (χ3v) is 3.79. The number of benzene rings is 1. The summed E-state index contributed by atoms with van der Waals surface area (Å²) in [6.07, 6.45) is 2.22. The first-order valence-electron chi connectivity index (χ1n) is 8.07. The van der Waals surface area contributed by atoms with Crippen LogP contribution in [0.3, 0.4) is 0 Å². The Morgan fingerprint density at radius 1 is 1.38 bits per heavy atom. The highest BCUT2D eigenvalue weighted by atomic mass is 16.6. The number of hydrogen-bond donors (Lipinski definition) is 2. The number of carbonyl (C=O) groups excluding carboxylic acids is 1. The number of amides is 1. The van der Waals surface area contributed by atoms with Crippen LogP contribution >= 0.6 is 0 Å². The molecule has 0 aliphatic carbocycles. The number of carbonyl (C=O) groups is 1. The third-order valence-electron chi connectivity index (χ3n) is 3.79. The molecule has 2 aromatic rings. The topological polar surface area (TPSA) is 93.4 Å². The number of nitrogens with zero attached hydrogens (tertiary/aromatic N) is 3. The van der Waals surface area contributed by atoms with Gasteiger partial charge >= 0.3 is 6.09 Å². The average molecular weight is 329 g/mol. The van der Waals surface area contributed by atoms with Gasteiger partial charge in [0.05, 0.1) is 23.3 Å². The van der Waals surface area contributed by atoms with Crippen molar-refractivity contribution >= 4 is 28.6 Å². The molecule has 1 fully saturated rings. The van der Waals surface area contributed by atoms with Gasteiger partial charge in [-0.2, -0.15) is 0 Å². The van der Waals surface area contributed by atoms with E-state index in [1.54, 1.807) is 6.20 Å². The molecule has 1 amide bonds. The highest BCUT2D eigenvalue weighted by molar-refractivity contribution is 5.79. The average Bonchev–Trinajstić information content (AvgIpc) is 2.93. The van der Waals surface area contributed by atoms with Crippen molar-refractivity contribution in [3.8, 4) is 0 Å². The SMILES string of the molecule is CC(C)(C)OC(=O)N[C@@H]1CCN(c2cnc3cc(N)ccc3n2)C1. The molecule has 1 aromatic carbocycles. The lowest BCUT2D eigenvalue weighted by molar-refractivity contribution is 0.0509. The van der Waals surface area contributed by atoms with Gasteiger partial charge in [0.15, 0.2) is 0 Å². The predicted octanol–water partition coefficient (Wildman–Crippen LogP) is 2.32. The molecule has 1 saturated heterocycles. The number of hydrogen-bond acceptors (Lipinski definition) is 6. The molecule has 7 heteroatoms. The fraction of sp³-hybridized carbons (Fsp3) is 0.471. The molecule has 24 heavy (non-hydrogen) atoms. The molecule has 3 N–H and O–H groups in total. The molecule has 128 valence electrons. The molecule has 0 bridgehead atoms. The second kappa shape index (κ2) is 6.14. The zero-order chi connectivity index (χ0) is 17.3. The maximum absolute atomic E-state index is 11.9. The highest BCUT2D eigenvalue weighted by Gasteiger charge is 2.27. The van der Waals surface area contributed by atoms with E-state index in [0.717, 1.165) is 29.8 Å². The molecule has 2 heterocycles. The summed E-state index contributed by atoms with van der Waals surface area (Å²) in [6.45, 7) is 7.06. The quantitative estimate of drug-likeness (QED) is 0.821. The number of nitrogen functional groups attached to an aromatic ring is 1. The number of nitrogens with two attached hydrogens (primary N) is 1. The van der Waals surface area contributed by atoms with Gasteiger partial charge in [-0.15, -0.1) is 0 Å². The van der Waals surface area contributed by atoms with E-state index in [0.29, 0.717) is 12.2 Å². The maximum Gasteiger partial charge on any atom is 0.407 e. The van der Waals surface area contributed by atoms with Crippen LogP contribution in [0.1, 0.15) is 27.2 Å². The van der Waals surface area contributed by atoms with E-state index in [1.807, 2.05) is 39.0 Å². The van der Waals surface area contributed by atoms with Gasteiger partial charge in [-0.25, -0.2) is 9.78 Å². The van der Waals surface area contributed by atoms with Gasteiger partial charge in [-0.1, -0.05) is 0 Å². The van der Waals surface area contributed by atoms with E-state index in [2.05, 4.69) is 20.2 Å². The lowest BCUT2D eigenvalue weighted by Gasteiger charge is -2.22. The van der Waals surface area contributed by atoms with Crippen LogP contribution in [0.25, 0.3) is 11.0 Å². The Labute approximate surface area is 141 Å². The molecule has 0 radical (unpaired) electrons. The van der Waals surface area contributed by atoms with Crippen LogP contribution in [0.5, 0.6) is 0 Å². The molecule has 3 rings (SSSR count). The lowest BCUT2D eigenvalue weighted by atomic mass is 10.2. The second-order valence-corrected chi connectivity index (χ2v) is 7.05. The predicted molar refractivity (Wildman–Crippen MR) is 93.9 cm³/mol. The second-order valence-electron chi connectivity index (χ2n) is 7.05. The molecule has 0 spiro atoms. The van der Waals surface area contributed by atoms with Crippen molar-refractivity contribution in [1.29, 1.82) is 0 Å². The number of nitrogens with one attached hydrogen (secondary N) is 1. The summed E-state index contributed by atoms with van der Waals surface area (Å²) in [5, 5.41) is 2.91. The van der Waals surface area contributed by atoms with Gasteiger partial charge in [-0.3, -0.25) is 4.98 Å². The van der Waals surface area contributed by atoms with Crippen LogP contribution in [-0.2, 0) is 4.74 Å². The zero-order valence-corrected chi connectivity index (χ0v) is 14.2. The van der Waals surface area contributed by atoms with Gasteiger partial charge in [0.1, 0.15) is 11.4 Å². The van der Waals surface area contributed by atoms with Crippen LogP contribution in [0.2, 0.25) is 0 Å². The van der Waals surface area contributed by atoms with Gasteiger partial charge < -0.3 is 20.7 Å². The Morgan fingerprint density at radius 3 is 2.92 bits per heavy atom. The van der Waals surface area contributed by atoms with Crippen molar-refractivity contribution in [2.45, 2.75) is 38.8 Å². The zero-order valence-electron chi connectivity index (χ0n) is 14.2. The van der Waals surface area contributed by atoms with Crippen LogP contribution in [0.15, 0.2) is 24.4 Å². The van der Waals surface area contributed by atoms with E-state index < -0.39 is 5.60 Å². The Kier molecular flexibility index (Phi) is 4.17. The normalized spacial score (nSPS) is 18.0. The Morgan fingerprint density at radius 2 is 2.17 bits per heavy atom. The number of alkyl carbamates (subject to hydrolysis) is 1. The minimum atomic E-state index is -0.492. The molecular formula is C17H23N5O2. The van der Waals surface area contributed by atoms with Gasteiger partial charge in [-0.05, 0) is 45.4 Å². The minimum absolute atomic E-state index is 0.0452. The molecule has 0 saturated carbocycles. The minimum Gasteiger partial charge on any atom is -0.444 e. The summed E-state index contributed by atoms with van der Waals surface area (Å²) in [7, 11) is 0. The van der Waals surface area contributed by atoms with E-state index >= 15 is 0 Å². The Balaban J connectivity index is 1.65. The third kappa shape index (κ3) is 3.84. The number of fused-ring (bicyclic) bond motifs is 1. The van der Waals surface area contributed by atoms with Crippen molar-refractivity contribution in [2.75, 3.05) is 23.7 Å². The van der Waals surface area contributed by atoms with Crippen molar-refractivity contribution < 1.29 is 9.53 Å². The monoisotopic (exact) mass is 329 g/mol. The summed E-state index contributed by atoms with van der Waals surface area (Å²) in [6, 6.07) is 5.54. The largest absolute Gasteiger partial charge is 0.444 e. The Hall–Kier alpha value is -2.57. The number of aromatic nitrogens is 2. The molecule has 1 atom stereocenters. The van der Waals surface area contributed by atoms with Gasteiger partial charge in [0.2, 0.25) is 0 Å². The van der Waals surface area contributed by atoms with Crippen molar-refractivity contribution in [3.63, 3.8) is 0 Å². The fourth-order valence-electron chi connectivity index (χ4n) is 2.73. The first-order valence-corrected chi connectivity index (χ1v) is 8.07. The van der Waals surface area contributed by atoms with Crippen LogP contribution in [-0.4, -0.2) is 40.8 Å². The van der Waals surface area contributed by atoms with E-state index in [9.17, 15) is 4.79 Å². The molecule has 1 aliphatic heterocycles. The number of rotatable bonds is 2. The molecule has 1 aromatic heterocycles. The fourth-order valence-corrected chi connectivity index (χ4v) is 2.73. The van der Waals surface area contributed by atoms with E-state index in [-0.39, 0.29) is 12.1 Å². The molecule has 7 nitrogen and oxygen atoms in total. The van der Waals surface area contributed by atoms with E-state index in [1.165, 1.54) is 0 Å². The maximum atomic E-state index is 11.9. The standard InChI is InChI=1S/C17H23N5O2/c1-17(2,3)24-16(23)20-12-6-7-22(10-12)15-9-19-14-8-11(18)4-5-13(14)21-15/h4-5,8-9,12H,6-7,10,18H2,1-3H3,(H,20,23)/t12-/m1/s1. The summed E-state index contributed by atoms with van der Waals surface area (Å²) in [4.78, 5) is 23.0. The van der Waals surface area contributed by atoms with Crippen molar-refractivity contribution in [1.82, 2.24) is 15.3 Å². The first-order chi connectivity index (χ1) is 11.3. The molecular weight excluding hydrogens is 306 g/mol. The molecule has 0 unspecified atom stereocenters. The van der Waals surface area contributed by atoms with Crippen LogP contribution in [0.4, 0.5) is 16.3 Å². The van der Waals surface area contributed by atoms with Gasteiger partial charge in [0, 0.05) is 18.8 Å². The number of anilines is 2. The van der Waals surface area contributed by atoms with Gasteiger partial charge in [0.25, 0.3) is 0 Å². The lowest BCUT2D eigenvalue weighted by Crippen LogP contribution is -2.40. The first kappa shape index (κ1) is 16.3. The Bertz CT molecular complexity index is 756. The summed E-state index contributed by atoms with van der Waals surface area (Å²) in [5.41, 5.74) is 7.53. The van der Waals surface area contributed by atoms with E-state index in [4.69, 9.17) is 10.5 Å². The van der Waals surface area contributed by atoms with Crippen LogP contribution < -0.4 is 16.0 Å². The smallest absolute Gasteiger partial charge is 0.407 e. The van der Waals surface area contributed by atoms with Crippen molar-refractivity contribution in [2.24, 2.45) is 0 Å².